The molecule has 13 heteroatoms. The molecule has 0 saturated heterocycles. The summed E-state index contributed by atoms with van der Waals surface area (Å²) in [5, 5.41) is 9.55. The van der Waals surface area contributed by atoms with Crippen LogP contribution >= 0.6 is 22.7 Å². The number of carboxylic acid groups (broad SMARTS) is 1. The molecule has 0 aliphatic carbocycles. The molecular formula is C15H9F3N2O5S3. The van der Waals surface area contributed by atoms with Crippen molar-refractivity contribution in [3.63, 3.8) is 0 Å². The van der Waals surface area contributed by atoms with Crippen LogP contribution in [0.3, 0.4) is 0 Å². The van der Waals surface area contributed by atoms with Gasteiger partial charge in [0.1, 0.15) is 9.88 Å². The topological polar surface area (TPSA) is 108 Å². The van der Waals surface area contributed by atoms with E-state index in [1.807, 2.05) is 0 Å². The van der Waals surface area contributed by atoms with E-state index in [4.69, 9.17) is 0 Å². The van der Waals surface area contributed by atoms with E-state index in [0.717, 1.165) is 10.9 Å². The fourth-order valence-electron chi connectivity index (χ4n) is 2.46. The fourth-order valence-corrected chi connectivity index (χ4v) is 5.26. The summed E-state index contributed by atoms with van der Waals surface area (Å²) in [5.74, 6) is -1.60. The van der Waals surface area contributed by atoms with Crippen molar-refractivity contribution < 1.29 is 36.0 Å². The van der Waals surface area contributed by atoms with Crippen LogP contribution in [0.5, 0.6) is 0 Å². The molecule has 0 bridgehead atoms. The predicted molar refractivity (Wildman–Crippen MR) is 97.5 cm³/mol. The summed E-state index contributed by atoms with van der Waals surface area (Å²) < 4.78 is 74.5. The molecule has 3 aromatic rings. The molecule has 148 valence electrons. The Morgan fingerprint density at radius 1 is 1.14 bits per heavy atom. The lowest BCUT2D eigenvalue weighted by Gasteiger charge is -2.21. The summed E-state index contributed by atoms with van der Waals surface area (Å²) in [6.07, 6.45) is -4.80. The molecule has 3 rings (SSSR count). The monoisotopic (exact) mass is 450 g/mol. The number of hydrogen-bond donors (Lipinski definition) is 2. The Morgan fingerprint density at radius 3 is 2.32 bits per heavy atom. The maximum atomic E-state index is 13.5. The summed E-state index contributed by atoms with van der Waals surface area (Å²) >= 11 is 0.775. The summed E-state index contributed by atoms with van der Waals surface area (Å²) in [5.41, 5.74) is -0.698. The van der Waals surface area contributed by atoms with Gasteiger partial charge >= 0.3 is 22.4 Å². The smallest absolute Gasteiger partial charge is 0.426 e. The standard InChI is InChI=1S/C15H9F3N2O5S3/c16-15(17,18)12-10(8-4-2-1-3-5-8)9(6-26-12)20(28(23,24)25)13-11(14(21)22)19-7-27-13/h1-7H,(H,21,22)(H,23,24,25). The van der Waals surface area contributed by atoms with Crippen molar-refractivity contribution >= 4 is 49.6 Å². The summed E-state index contributed by atoms with van der Waals surface area (Å²) in [6, 6.07) is 7.17. The van der Waals surface area contributed by atoms with Crippen molar-refractivity contribution in [2.45, 2.75) is 6.18 Å². The minimum Gasteiger partial charge on any atom is -0.476 e. The van der Waals surface area contributed by atoms with Crippen LogP contribution in [0.2, 0.25) is 0 Å². The van der Waals surface area contributed by atoms with Crippen LogP contribution in [0, 0.1) is 0 Å². The van der Waals surface area contributed by atoms with E-state index in [1.165, 1.54) is 24.3 Å². The van der Waals surface area contributed by atoms with Crippen molar-refractivity contribution in [2.24, 2.45) is 0 Å². The van der Waals surface area contributed by atoms with E-state index in [0.29, 0.717) is 11.3 Å². The summed E-state index contributed by atoms with van der Waals surface area (Å²) in [7, 11) is -5.18. The normalized spacial score (nSPS) is 12.1. The SMILES string of the molecule is O=C(O)c1ncsc1N(c1csc(C(F)(F)F)c1-c1ccccc1)S(=O)(=O)O. The molecule has 2 aromatic heterocycles. The van der Waals surface area contributed by atoms with E-state index in [9.17, 15) is 36.0 Å². The molecule has 2 heterocycles. The molecule has 0 aliphatic rings. The number of carboxylic acids is 1. The largest absolute Gasteiger partial charge is 0.476 e. The molecule has 2 N–H and O–H groups in total. The molecule has 7 nitrogen and oxygen atoms in total. The van der Waals surface area contributed by atoms with Gasteiger partial charge in [0.05, 0.1) is 11.2 Å². The number of benzene rings is 1. The van der Waals surface area contributed by atoms with Gasteiger partial charge < -0.3 is 5.11 Å². The number of aromatic carboxylic acids is 1. The van der Waals surface area contributed by atoms with Crippen LogP contribution in [0.15, 0.2) is 41.2 Å². The maximum Gasteiger partial charge on any atom is 0.426 e. The molecule has 0 fully saturated rings. The molecule has 0 unspecified atom stereocenters. The number of halogens is 3. The van der Waals surface area contributed by atoms with Gasteiger partial charge in [0, 0.05) is 10.9 Å². The average Bonchev–Trinajstić information content (AvgIpc) is 3.22. The minimum absolute atomic E-state index is 0.0427. The van der Waals surface area contributed by atoms with Crippen LogP contribution in [-0.4, -0.2) is 29.0 Å². The highest BCUT2D eigenvalue weighted by molar-refractivity contribution is 7.87. The number of nitrogens with zero attached hydrogens (tertiary/aromatic N) is 2. The second-order valence-corrected chi connectivity index (χ2v) is 8.22. The van der Waals surface area contributed by atoms with Gasteiger partial charge in [-0.25, -0.2) is 14.1 Å². The van der Waals surface area contributed by atoms with Gasteiger partial charge in [0.25, 0.3) is 0 Å². The van der Waals surface area contributed by atoms with E-state index < -0.39 is 49.3 Å². The number of thiazole rings is 1. The zero-order chi connectivity index (χ0) is 20.7. The summed E-state index contributed by atoms with van der Waals surface area (Å²) in [4.78, 5) is 13.8. The molecule has 0 aliphatic heterocycles. The number of rotatable bonds is 5. The van der Waals surface area contributed by atoms with E-state index in [1.54, 1.807) is 6.07 Å². The third-order valence-electron chi connectivity index (χ3n) is 3.48. The first-order chi connectivity index (χ1) is 13.0. The maximum absolute atomic E-state index is 13.5. The highest BCUT2D eigenvalue weighted by atomic mass is 32.2. The quantitative estimate of drug-likeness (QED) is 0.553. The molecule has 0 atom stereocenters. The van der Waals surface area contributed by atoms with Crippen LogP contribution in [-0.2, 0) is 16.5 Å². The van der Waals surface area contributed by atoms with E-state index >= 15 is 0 Å². The van der Waals surface area contributed by atoms with Crippen molar-refractivity contribution in [3.8, 4) is 11.1 Å². The number of alkyl halides is 3. The Morgan fingerprint density at radius 2 is 1.79 bits per heavy atom. The average molecular weight is 450 g/mol. The van der Waals surface area contributed by atoms with Crippen LogP contribution < -0.4 is 4.31 Å². The molecule has 0 saturated carbocycles. The molecule has 0 amide bonds. The highest BCUT2D eigenvalue weighted by Crippen LogP contribution is 2.49. The van der Waals surface area contributed by atoms with Gasteiger partial charge in [-0.1, -0.05) is 30.3 Å². The predicted octanol–water partition coefficient (Wildman–Crippen LogP) is 4.53. The lowest BCUT2D eigenvalue weighted by atomic mass is 10.0. The Kier molecular flexibility index (Phi) is 5.18. The lowest BCUT2D eigenvalue weighted by molar-refractivity contribution is -0.133. The van der Waals surface area contributed by atoms with Crippen molar-refractivity contribution in [3.05, 3.63) is 51.8 Å². The zero-order valence-corrected chi connectivity index (χ0v) is 15.9. The number of aromatic nitrogens is 1. The highest BCUT2D eigenvalue weighted by Gasteiger charge is 2.40. The first-order valence-electron chi connectivity index (χ1n) is 7.20. The van der Waals surface area contributed by atoms with Crippen molar-refractivity contribution in [1.29, 1.82) is 0 Å². The van der Waals surface area contributed by atoms with Crippen molar-refractivity contribution in [2.75, 3.05) is 4.31 Å². The van der Waals surface area contributed by atoms with Gasteiger partial charge in [-0.15, -0.1) is 22.7 Å². The van der Waals surface area contributed by atoms with Crippen LogP contribution in [0.25, 0.3) is 11.1 Å². The second-order valence-electron chi connectivity index (χ2n) is 5.24. The number of hydrogen-bond acceptors (Lipinski definition) is 6. The first-order valence-corrected chi connectivity index (χ1v) is 10.4. The molecule has 28 heavy (non-hydrogen) atoms. The molecule has 0 spiro atoms. The van der Waals surface area contributed by atoms with Gasteiger partial charge in [-0.2, -0.15) is 21.6 Å². The van der Waals surface area contributed by atoms with Crippen LogP contribution in [0.1, 0.15) is 15.4 Å². The van der Waals surface area contributed by atoms with Gasteiger partial charge in [-0.3, -0.25) is 4.55 Å². The van der Waals surface area contributed by atoms with Gasteiger partial charge in [-0.05, 0) is 5.56 Å². The lowest BCUT2D eigenvalue weighted by Crippen LogP contribution is -2.26. The van der Waals surface area contributed by atoms with E-state index in [2.05, 4.69) is 4.98 Å². The zero-order valence-electron chi connectivity index (χ0n) is 13.4. The van der Waals surface area contributed by atoms with Crippen molar-refractivity contribution in [1.82, 2.24) is 4.98 Å². The third kappa shape index (κ3) is 3.73. The Hall–Kier alpha value is -2.48. The second kappa shape index (κ2) is 7.16. The fraction of sp³-hybridized carbons (Fsp3) is 0.0667. The minimum atomic E-state index is -5.18. The van der Waals surface area contributed by atoms with Gasteiger partial charge in [0.15, 0.2) is 5.69 Å². The number of carbonyl (C=O) groups is 1. The molecule has 0 radical (unpaired) electrons. The van der Waals surface area contributed by atoms with E-state index in [-0.39, 0.29) is 21.2 Å². The first kappa shape index (κ1) is 20.3. The number of anilines is 2. The Bertz CT molecular complexity index is 1120. The Labute approximate surface area is 164 Å². The number of thiophene rings is 1. The van der Waals surface area contributed by atoms with Gasteiger partial charge in [0.2, 0.25) is 0 Å². The Balaban J connectivity index is 2.36. The molecule has 1 aromatic carbocycles. The third-order valence-corrected chi connectivity index (χ3v) is 6.26. The summed E-state index contributed by atoms with van der Waals surface area (Å²) in [6.45, 7) is 0. The van der Waals surface area contributed by atoms with Crippen LogP contribution in [0.4, 0.5) is 23.9 Å². The molecular weight excluding hydrogens is 441 g/mol.